The number of anilines is 1. The summed E-state index contributed by atoms with van der Waals surface area (Å²) >= 11 is 0. The summed E-state index contributed by atoms with van der Waals surface area (Å²) in [5.41, 5.74) is 2.12. The number of nitrogens with zero attached hydrogens (tertiary/aromatic N) is 4. The molecule has 39 heavy (non-hydrogen) atoms. The Kier molecular flexibility index (Phi) is 9.15. The SMILES string of the molecule is CC(C)C(C(=O)NC1CCCCC1)N(C(=O)c1cc(-c2ccccc2)nc(N2CCCC2)n1)C1CCCCC1. The van der Waals surface area contributed by atoms with Gasteiger partial charge in [-0.1, -0.05) is 82.7 Å². The summed E-state index contributed by atoms with van der Waals surface area (Å²) in [5, 5.41) is 3.35. The highest BCUT2D eigenvalue weighted by Crippen LogP contribution is 2.30. The Morgan fingerprint density at radius 3 is 2.15 bits per heavy atom. The maximum Gasteiger partial charge on any atom is 0.273 e. The number of aromatic nitrogens is 2. The molecule has 7 nitrogen and oxygen atoms in total. The van der Waals surface area contributed by atoms with Gasteiger partial charge in [0, 0.05) is 30.7 Å². The van der Waals surface area contributed by atoms with Crippen LogP contribution in [-0.4, -0.2) is 57.9 Å². The molecule has 2 aromatic rings. The van der Waals surface area contributed by atoms with Crippen molar-refractivity contribution in [3.63, 3.8) is 0 Å². The standard InChI is InChI=1S/C32H45N5O2/c1-23(2)29(30(38)33-25-16-8-4-9-17-25)37(26-18-10-5-11-19-26)31(39)28-22-27(24-14-6-3-7-15-24)34-32(35-28)36-20-12-13-21-36/h3,6-7,14-15,22-23,25-26,29H,4-5,8-13,16-21H2,1-2H3,(H,33,38). The van der Waals surface area contributed by atoms with Gasteiger partial charge < -0.3 is 15.1 Å². The Labute approximate surface area is 233 Å². The number of carbonyl (C=O) groups is 2. The van der Waals surface area contributed by atoms with Gasteiger partial charge in [0.2, 0.25) is 11.9 Å². The third-order valence-electron chi connectivity index (χ3n) is 8.75. The fraction of sp³-hybridized carbons (Fsp3) is 0.625. The summed E-state index contributed by atoms with van der Waals surface area (Å²) < 4.78 is 0. The minimum Gasteiger partial charge on any atom is -0.352 e. The molecule has 7 heteroatoms. The second-order valence-corrected chi connectivity index (χ2v) is 12.0. The summed E-state index contributed by atoms with van der Waals surface area (Å²) in [6.45, 7) is 5.94. The predicted octanol–water partition coefficient (Wildman–Crippen LogP) is 5.99. The molecule has 3 fully saturated rings. The van der Waals surface area contributed by atoms with Gasteiger partial charge in [-0.15, -0.1) is 0 Å². The molecule has 1 saturated heterocycles. The molecule has 2 aliphatic carbocycles. The number of hydrogen-bond donors (Lipinski definition) is 1. The number of benzene rings is 1. The van der Waals surface area contributed by atoms with E-state index in [9.17, 15) is 9.59 Å². The lowest BCUT2D eigenvalue weighted by molar-refractivity contribution is -0.129. The minimum absolute atomic E-state index is 0.00653. The highest BCUT2D eigenvalue weighted by molar-refractivity contribution is 5.97. The van der Waals surface area contributed by atoms with E-state index in [2.05, 4.69) is 24.1 Å². The van der Waals surface area contributed by atoms with Crippen LogP contribution >= 0.6 is 0 Å². The monoisotopic (exact) mass is 531 g/mol. The van der Waals surface area contributed by atoms with Crippen molar-refractivity contribution in [1.82, 2.24) is 20.2 Å². The molecule has 1 aromatic heterocycles. The Balaban J connectivity index is 1.52. The molecule has 1 aromatic carbocycles. The molecule has 2 saturated carbocycles. The van der Waals surface area contributed by atoms with Crippen molar-refractivity contribution in [2.45, 2.75) is 109 Å². The first-order valence-corrected chi connectivity index (χ1v) is 15.3. The molecule has 1 aliphatic heterocycles. The molecule has 2 amide bonds. The zero-order valence-electron chi connectivity index (χ0n) is 23.8. The van der Waals surface area contributed by atoms with E-state index < -0.39 is 6.04 Å². The summed E-state index contributed by atoms with van der Waals surface area (Å²) in [6, 6.07) is 11.6. The third-order valence-corrected chi connectivity index (χ3v) is 8.75. The van der Waals surface area contributed by atoms with E-state index in [0.29, 0.717) is 11.6 Å². The van der Waals surface area contributed by atoms with Gasteiger partial charge in [-0.2, -0.15) is 0 Å². The normalized spacial score (nSPS) is 19.7. The van der Waals surface area contributed by atoms with Crippen LogP contribution in [0, 0.1) is 5.92 Å². The summed E-state index contributed by atoms with van der Waals surface area (Å²) in [5.74, 6) is 0.467. The van der Waals surface area contributed by atoms with Gasteiger partial charge in [0.05, 0.1) is 5.69 Å². The zero-order valence-corrected chi connectivity index (χ0v) is 23.8. The molecule has 0 spiro atoms. The van der Waals surface area contributed by atoms with Crippen molar-refractivity contribution >= 4 is 17.8 Å². The van der Waals surface area contributed by atoms with E-state index in [1.807, 2.05) is 41.3 Å². The van der Waals surface area contributed by atoms with E-state index in [0.717, 1.165) is 88.6 Å². The average molecular weight is 532 g/mol. The molecular formula is C32H45N5O2. The number of amides is 2. The van der Waals surface area contributed by atoms with Gasteiger partial charge in [-0.25, -0.2) is 9.97 Å². The Hall–Kier alpha value is -2.96. The average Bonchev–Trinajstić information content (AvgIpc) is 3.52. The van der Waals surface area contributed by atoms with Gasteiger partial charge in [0.15, 0.2) is 0 Å². The van der Waals surface area contributed by atoms with Crippen LogP contribution in [0.2, 0.25) is 0 Å². The van der Waals surface area contributed by atoms with Crippen molar-refractivity contribution in [3.05, 3.63) is 42.1 Å². The molecule has 1 atom stereocenters. The Morgan fingerprint density at radius 1 is 0.872 bits per heavy atom. The number of nitrogens with one attached hydrogen (secondary N) is 1. The van der Waals surface area contributed by atoms with Gasteiger partial charge in [0.1, 0.15) is 11.7 Å². The van der Waals surface area contributed by atoms with Crippen molar-refractivity contribution in [2.24, 2.45) is 5.92 Å². The molecule has 0 bridgehead atoms. The van der Waals surface area contributed by atoms with Crippen molar-refractivity contribution in [1.29, 1.82) is 0 Å². The van der Waals surface area contributed by atoms with E-state index >= 15 is 0 Å². The van der Waals surface area contributed by atoms with Crippen LogP contribution in [0.5, 0.6) is 0 Å². The van der Waals surface area contributed by atoms with Crippen LogP contribution < -0.4 is 10.2 Å². The fourth-order valence-electron chi connectivity index (χ4n) is 6.65. The van der Waals surface area contributed by atoms with Crippen molar-refractivity contribution in [2.75, 3.05) is 18.0 Å². The molecule has 2 heterocycles. The lowest BCUT2D eigenvalue weighted by Crippen LogP contribution is -2.58. The third kappa shape index (κ3) is 6.62. The number of rotatable bonds is 8. The molecular weight excluding hydrogens is 486 g/mol. The van der Waals surface area contributed by atoms with E-state index in [1.165, 1.54) is 12.8 Å². The summed E-state index contributed by atoms with van der Waals surface area (Å²) in [6.07, 6.45) is 13.0. The molecule has 1 N–H and O–H groups in total. The molecule has 5 rings (SSSR count). The van der Waals surface area contributed by atoms with Crippen LogP contribution in [0.1, 0.15) is 101 Å². The van der Waals surface area contributed by atoms with Crippen LogP contribution in [0.3, 0.4) is 0 Å². The molecule has 3 aliphatic rings. The smallest absolute Gasteiger partial charge is 0.273 e. The maximum absolute atomic E-state index is 14.6. The van der Waals surface area contributed by atoms with Crippen LogP contribution in [-0.2, 0) is 4.79 Å². The Morgan fingerprint density at radius 2 is 1.51 bits per heavy atom. The van der Waals surface area contributed by atoms with Gasteiger partial charge in [0.25, 0.3) is 5.91 Å². The molecule has 0 radical (unpaired) electrons. The maximum atomic E-state index is 14.6. The van der Waals surface area contributed by atoms with Crippen LogP contribution in [0.25, 0.3) is 11.3 Å². The van der Waals surface area contributed by atoms with E-state index in [4.69, 9.17) is 9.97 Å². The van der Waals surface area contributed by atoms with Gasteiger partial charge in [-0.3, -0.25) is 9.59 Å². The largest absolute Gasteiger partial charge is 0.352 e. The van der Waals surface area contributed by atoms with E-state index in [1.54, 1.807) is 0 Å². The van der Waals surface area contributed by atoms with Gasteiger partial charge >= 0.3 is 0 Å². The highest BCUT2D eigenvalue weighted by Gasteiger charge is 2.39. The van der Waals surface area contributed by atoms with Crippen molar-refractivity contribution in [3.8, 4) is 11.3 Å². The topological polar surface area (TPSA) is 78.4 Å². The number of carbonyl (C=O) groups excluding carboxylic acids is 2. The van der Waals surface area contributed by atoms with E-state index in [-0.39, 0.29) is 29.8 Å². The first-order chi connectivity index (χ1) is 19.0. The predicted molar refractivity (Wildman–Crippen MR) is 156 cm³/mol. The van der Waals surface area contributed by atoms with Crippen LogP contribution in [0.15, 0.2) is 36.4 Å². The van der Waals surface area contributed by atoms with Crippen molar-refractivity contribution < 1.29 is 9.59 Å². The lowest BCUT2D eigenvalue weighted by Gasteiger charge is -2.41. The first-order valence-electron chi connectivity index (χ1n) is 15.3. The highest BCUT2D eigenvalue weighted by atomic mass is 16.2. The quantitative estimate of drug-likeness (QED) is 0.453. The summed E-state index contributed by atoms with van der Waals surface area (Å²) in [4.78, 5) is 42.3. The second kappa shape index (κ2) is 12.9. The summed E-state index contributed by atoms with van der Waals surface area (Å²) in [7, 11) is 0. The zero-order chi connectivity index (χ0) is 27.2. The minimum atomic E-state index is -0.520. The first kappa shape index (κ1) is 27.6. The Bertz CT molecular complexity index is 1100. The number of hydrogen-bond acceptors (Lipinski definition) is 5. The molecule has 1 unspecified atom stereocenters. The second-order valence-electron chi connectivity index (χ2n) is 12.0. The van der Waals surface area contributed by atoms with Crippen LogP contribution in [0.4, 0.5) is 5.95 Å². The van der Waals surface area contributed by atoms with Gasteiger partial charge in [-0.05, 0) is 50.5 Å². The lowest BCUT2D eigenvalue weighted by atomic mass is 9.89. The molecule has 210 valence electrons. The fourth-order valence-corrected chi connectivity index (χ4v) is 6.65.